The summed E-state index contributed by atoms with van der Waals surface area (Å²) in [7, 11) is 0. The fourth-order valence-corrected chi connectivity index (χ4v) is 1.29. The molecule has 1 N–H and O–H groups in total. The molecule has 0 aromatic carbocycles. The average molecular weight is 129 g/mol. The van der Waals surface area contributed by atoms with Crippen LogP contribution in [0.4, 0.5) is 0 Å². The van der Waals surface area contributed by atoms with Gasteiger partial charge in [0.15, 0.2) is 0 Å². The van der Waals surface area contributed by atoms with Crippen LogP contribution >= 0.6 is 0 Å². The summed E-state index contributed by atoms with van der Waals surface area (Å²) in [5, 5.41) is 0. The first-order valence-corrected chi connectivity index (χ1v) is 3.75. The number of nitrogens with one attached hydrogen (secondary N) is 1. The van der Waals surface area contributed by atoms with Gasteiger partial charge in [0.05, 0.1) is 6.61 Å². The average Bonchev–Trinajstić information content (AvgIpc) is 2.33. The van der Waals surface area contributed by atoms with Crippen LogP contribution in [-0.2, 0) is 4.84 Å². The summed E-state index contributed by atoms with van der Waals surface area (Å²) in [5.41, 5.74) is 3.01. The first-order valence-electron chi connectivity index (χ1n) is 3.75. The van der Waals surface area contributed by atoms with E-state index in [0.29, 0.717) is 6.04 Å². The zero-order valence-electron chi connectivity index (χ0n) is 6.18. The summed E-state index contributed by atoms with van der Waals surface area (Å²) in [6, 6.07) is 0.606. The van der Waals surface area contributed by atoms with Gasteiger partial charge in [-0.3, -0.25) is 0 Å². The largest absolute Gasteiger partial charge is 0.301 e. The molecule has 2 nitrogen and oxygen atoms in total. The molecule has 0 amide bonds. The first kappa shape index (κ1) is 7.03. The number of hydrogen-bond acceptors (Lipinski definition) is 2. The highest BCUT2D eigenvalue weighted by molar-refractivity contribution is 4.74. The van der Waals surface area contributed by atoms with E-state index in [1.165, 1.54) is 12.8 Å². The zero-order chi connectivity index (χ0) is 6.69. The van der Waals surface area contributed by atoms with Gasteiger partial charge < -0.3 is 4.84 Å². The lowest BCUT2D eigenvalue weighted by molar-refractivity contribution is 0.0855. The Morgan fingerprint density at radius 1 is 1.44 bits per heavy atom. The zero-order valence-corrected chi connectivity index (χ0v) is 6.18. The highest BCUT2D eigenvalue weighted by Crippen LogP contribution is 2.16. The van der Waals surface area contributed by atoms with Crippen molar-refractivity contribution in [3.8, 4) is 0 Å². The van der Waals surface area contributed by atoms with E-state index in [-0.39, 0.29) is 0 Å². The van der Waals surface area contributed by atoms with Crippen molar-refractivity contribution in [2.75, 3.05) is 6.61 Å². The smallest absolute Gasteiger partial charge is 0.0726 e. The molecule has 1 fully saturated rings. The quantitative estimate of drug-likeness (QED) is 0.607. The van der Waals surface area contributed by atoms with E-state index >= 15 is 0 Å². The second kappa shape index (κ2) is 3.18. The Kier molecular flexibility index (Phi) is 2.49. The van der Waals surface area contributed by atoms with E-state index in [0.717, 1.165) is 12.5 Å². The molecule has 1 rings (SSSR count). The summed E-state index contributed by atoms with van der Waals surface area (Å²) in [4.78, 5) is 5.10. The third kappa shape index (κ3) is 1.43. The second-order valence-electron chi connectivity index (χ2n) is 2.61. The molecule has 1 heterocycles. The molecule has 1 saturated heterocycles. The Labute approximate surface area is 56.5 Å². The Hall–Kier alpha value is -0.0800. The molecule has 2 atom stereocenters. The molecule has 9 heavy (non-hydrogen) atoms. The summed E-state index contributed by atoms with van der Waals surface area (Å²) >= 11 is 0. The molecule has 0 aromatic heterocycles. The molecular weight excluding hydrogens is 114 g/mol. The van der Waals surface area contributed by atoms with Crippen molar-refractivity contribution in [3.05, 3.63) is 0 Å². The Bertz CT molecular complexity index is 75.0. The topological polar surface area (TPSA) is 21.3 Å². The fraction of sp³-hybridized carbons (Fsp3) is 1.00. The molecule has 2 unspecified atom stereocenters. The lowest BCUT2D eigenvalue weighted by Gasteiger charge is -2.11. The Morgan fingerprint density at radius 2 is 2.22 bits per heavy atom. The molecule has 1 aliphatic heterocycles. The minimum atomic E-state index is 0.606. The van der Waals surface area contributed by atoms with Crippen molar-refractivity contribution in [2.24, 2.45) is 5.92 Å². The molecule has 54 valence electrons. The predicted octanol–water partition coefficient (Wildman–Crippen LogP) is 1.33. The first-order chi connectivity index (χ1) is 4.38. The third-order valence-corrected chi connectivity index (χ3v) is 2.07. The van der Waals surface area contributed by atoms with Gasteiger partial charge in [0, 0.05) is 12.0 Å². The molecule has 0 radical (unpaired) electrons. The van der Waals surface area contributed by atoms with E-state index in [2.05, 4.69) is 19.3 Å². The monoisotopic (exact) mass is 129 g/mol. The number of hydroxylamine groups is 1. The van der Waals surface area contributed by atoms with Gasteiger partial charge in [0.1, 0.15) is 0 Å². The lowest BCUT2D eigenvalue weighted by atomic mass is 9.98. The Morgan fingerprint density at radius 3 is 2.67 bits per heavy atom. The van der Waals surface area contributed by atoms with Gasteiger partial charge in [-0.1, -0.05) is 13.8 Å². The molecule has 0 aromatic rings. The van der Waals surface area contributed by atoms with Gasteiger partial charge in [-0.25, -0.2) is 0 Å². The molecule has 0 aliphatic carbocycles. The molecule has 1 aliphatic rings. The standard InChI is InChI=1S/C7H15NO/c1-3-6-5-9-8-7(6)4-2/h6-8H,3-5H2,1-2H3. The maximum Gasteiger partial charge on any atom is 0.0726 e. The second-order valence-corrected chi connectivity index (χ2v) is 2.61. The van der Waals surface area contributed by atoms with Crippen LogP contribution in [0.25, 0.3) is 0 Å². The van der Waals surface area contributed by atoms with Crippen LogP contribution in [0.15, 0.2) is 0 Å². The van der Waals surface area contributed by atoms with E-state index in [9.17, 15) is 0 Å². The number of rotatable bonds is 2. The van der Waals surface area contributed by atoms with Gasteiger partial charge in [-0.2, -0.15) is 5.48 Å². The number of hydrogen-bond donors (Lipinski definition) is 1. The molecule has 0 saturated carbocycles. The maximum atomic E-state index is 5.10. The van der Waals surface area contributed by atoms with Crippen LogP contribution in [0.5, 0.6) is 0 Å². The van der Waals surface area contributed by atoms with Crippen molar-refractivity contribution >= 4 is 0 Å². The van der Waals surface area contributed by atoms with Crippen LogP contribution in [0.1, 0.15) is 26.7 Å². The normalized spacial score (nSPS) is 35.3. The van der Waals surface area contributed by atoms with Gasteiger partial charge in [-0.05, 0) is 12.8 Å². The van der Waals surface area contributed by atoms with Crippen molar-refractivity contribution in [1.82, 2.24) is 5.48 Å². The Balaban J connectivity index is 2.32. The van der Waals surface area contributed by atoms with Crippen LogP contribution in [0.2, 0.25) is 0 Å². The van der Waals surface area contributed by atoms with Crippen molar-refractivity contribution < 1.29 is 4.84 Å². The molecular formula is C7H15NO. The molecule has 2 heteroatoms. The summed E-state index contributed by atoms with van der Waals surface area (Å²) < 4.78 is 0. The highest BCUT2D eigenvalue weighted by atomic mass is 16.7. The molecule has 0 bridgehead atoms. The minimum absolute atomic E-state index is 0.606. The van der Waals surface area contributed by atoms with Gasteiger partial charge in [-0.15, -0.1) is 0 Å². The maximum absolute atomic E-state index is 5.10. The van der Waals surface area contributed by atoms with E-state index < -0.39 is 0 Å². The van der Waals surface area contributed by atoms with Crippen molar-refractivity contribution in [3.63, 3.8) is 0 Å². The van der Waals surface area contributed by atoms with E-state index in [1.807, 2.05) is 0 Å². The summed E-state index contributed by atoms with van der Waals surface area (Å²) in [5.74, 6) is 0.745. The predicted molar refractivity (Wildman–Crippen MR) is 36.9 cm³/mol. The van der Waals surface area contributed by atoms with Crippen LogP contribution in [0, 0.1) is 5.92 Å². The summed E-state index contributed by atoms with van der Waals surface area (Å²) in [6.45, 7) is 5.30. The van der Waals surface area contributed by atoms with Gasteiger partial charge in [0.2, 0.25) is 0 Å². The van der Waals surface area contributed by atoms with Gasteiger partial charge in [0.25, 0.3) is 0 Å². The SMILES string of the molecule is CCC1CONC1CC. The van der Waals surface area contributed by atoms with Crippen LogP contribution in [0.3, 0.4) is 0 Å². The van der Waals surface area contributed by atoms with Gasteiger partial charge >= 0.3 is 0 Å². The fourth-order valence-electron chi connectivity index (χ4n) is 1.29. The summed E-state index contributed by atoms with van der Waals surface area (Å²) in [6.07, 6.45) is 2.41. The molecule has 0 spiro atoms. The lowest BCUT2D eigenvalue weighted by Crippen LogP contribution is -2.24. The van der Waals surface area contributed by atoms with Crippen molar-refractivity contribution in [1.29, 1.82) is 0 Å². The highest BCUT2D eigenvalue weighted by Gasteiger charge is 2.24. The van der Waals surface area contributed by atoms with Crippen LogP contribution in [-0.4, -0.2) is 12.6 Å². The third-order valence-electron chi connectivity index (χ3n) is 2.07. The van der Waals surface area contributed by atoms with Crippen molar-refractivity contribution in [2.45, 2.75) is 32.7 Å². The van der Waals surface area contributed by atoms with E-state index in [4.69, 9.17) is 4.84 Å². The van der Waals surface area contributed by atoms with Crippen LogP contribution < -0.4 is 5.48 Å². The minimum Gasteiger partial charge on any atom is -0.301 e. The van der Waals surface area contributed by atoms with E-state index in [1.54, 1.807) is 0 Å².